The Kier molecular flexibility index (Phi) is 3.73. The Morgan fingerprint density at radius 1 is 1.47 bits per heavy atom. The monoisotopic (exact) mass is 240 g/mol. The van der Waals surface area contributed by atoms with Crippen LogP contribution in [0.3, 0.4) is 0 Å². The molecular weight excluding hydrogens is 216 g/mol. The quantitative estimate of drug-likeness (QED) is 0.767. The number of nitrogens with zero attached hydrogens (tertiary/aromatic N) is 1. The molecule has 0 radical (unpaired) electrons. The van der Waals surface area contributed by atoms with Crippen LogP contribution in [-0.2, 0) is 4.79 Å². The fourth-order valence-corrected chi connectivity index (χ4v) is 3.00. The molecule has 4 heteroatoms. The van der Waals surface area contributed by atoms with Gasteiger partial charge < -0.3 is 15.3 Å². The van der Waals surface area contributed by atoms with Gasteiger partial charge in [0.05, 0.1) is 18.2 Å². The average molecular weight is 240 g/mol. The van der Waals surface area contributed by atoms with E-state index in [9.17, 15) is 9.90 Å². The smallest absolute Gasteiger partial charge is 0.240 e. The molecule has 1 saturated heterocycles. The second-order valence-electron chi connectivity index (χ2n) is 5.74. The molecule has 0 aromatic carbocycles. The minimum atomic E-state index is -0.228. The molecule has 2 rings (SSSR count). The van der Waals surface area contributed by atoms with E-state index in [0.29, 0.717) is 6.04 Å². The SMILES string of the molecule is CC(C)NC1CCCN(C2(CO)CCC2)C1=O. The fourth-order valence-electron chi connectivity index (χ4n) is 3.00. The van der Waals surface area contributed by atoms with Gasteiger partial charge in [-0.15, -0.1) is 0 Å². The first-order valence-electron chi connectivity index (χ1n) is 6.77. The van der Waals surface area contributed by atoms with Crippen LogP contribution < -0.4 is 5.32 Å². The van der Waals surface area contributed by atoms with Crippen molar-refractivity contribution in [3.05, 3.63) is 0 Å². The number of rotatable bonds is 4. The van der Waals surface area contributed by atoms with Crippen LogP contribution in [0.4, 0.5) is 0 Å². The highest BCUT2D eigenvalue weighted by Crippen LogP contribution is 2.39. The van der Waals surface area contributed by atoms with Crippen LogP contribution >= 0.6 is 0 Å². The molecule has 1 amide bonds. The van der Waals surface area contributed by atoms with Crippen LogP contribution in [0.15, 0.2) is 0 Å². The summed E-state index contributed by atoms with van der Waals surface area (Å²) >= 11 is 0. The van der Waals surface area contributed by atoms with E-state index in [1.165, 1.54) is 0 Å². The van der Waals surface area contributed by atoms with Crippen molar-refractivity contribution in [3.8, 4) is 0 Å². The number of aliphatic hydroxyl groups is 1. The third-order valence-electron chi connectivity index (χ3n) is 4.12. The van der Waals surface area contributed by atoms with Gasteiger partial charge in [0, 0.05) is 12.6 Å². The highest BCUT2D eigenvalue weighted by molar-refractivity contribution is 5.83. The van der Waals surface area contributed by atoms with Crippen molar-refractivity contribution in [1.82, 2.24) is 10.2 Å². The third-order valence-corrected chi connectivity index (χ3v) is 4.12. The lowest BCUT2D eigenvalue weighted by Gasteiger charge is -2.52. The molecule has 2 fully saturated rings. The maximum atomic E-state index is 12.4. The lowest BCUT2D eigenvalue weighted by molar-refractivity contribution is -0.151. The van der Waals surface area contributed by atoms with Gasteiger partial charge in [-0.25, -0.2) is 0 Å². The first-order valence-corrected chi connectivity index (χ1v) is 6.77. The Hall–Kier alpha value is -0.610. The van der Waals surface area contributed by atoms with Crippen LogP contribution in [0, 0.1) is 0 Å². The molecule has 0 aromatic heterocycles. The maximum Gasteiger partial charge on any atom is 0.240 e. The number of hydrogen-bond acceptors (Lipinski definition) is 3. The predicted molar refractivity (Wildman–Crippen MR) is 66.7 cm³/mol. The van der Waals surface area contributed by atoms with Gasteiger partial charge in [-0.2, -0.15) is 0 Å². The molecule has 0 spiro atoms. The van der Waals surface area contributed by atoms with Gasteiger partial charge in [0.15, 0.2) is 0 Å². The summed E-state index contributed by atoms with van der Waals surface area (Å²) in [5, 5.41) is 12.9. The Morgan fingerprint density at radius 3 is 2.65 bits per heavy atom. The highest BCUT2D eigenvalue weighted by atomic mass is 16.3. The van der Waals surface area contributed by atoms with E-state index < -0.39 is 0 Å². The summed E-state index contributed by atoms with van der Waals surface area (Å²) in [6, 6.07) is 0.281. The first-order chi connectivity index (χ1) is 8.09. The summed E-state index contributed by atoms with van der Waals surface area (Å²) < 4.78 is 0. The molecule has 1 saturated carbocycles. The van der Waals surface area contributed by atoms with E-state index in [2.05, 4.69) is 19.2 Å². The lowest BCUT2D eigenvalue weighted by atomic mass is 9.74. The second-order valence-corrected chi connectivity index (χ2v) is 5.74. The predicted octanol–water partition coefficient (Wildman–Crippen LogP) is 0.890. The normalized spacial score (nSPS) is 28.4. The van der Waals surface area contributed by atoms with Crippen LogP contribution in [0.5, 0.6) is 0 Å². The zero-order valence-electron chi connectivity index (χ0n) is 10.9. The molecule has 98 valence electrons. The Bertz CT molecular complexity index is 282. The van der Waals surface area contributed by atoms with E-state index in [1.54, 1.807) is 0 Å². The van der Waals surface area contributed by atoms with Crippen molar-refractivity contribution in [1.29, 1.82) is 0 Å². The van der Waals surface area contributed by atoms with Crippen molar-refractivity contribution < 1.29 is 9.90 Å². The lowest BCUT2D eigenvalue weighted by Crippen LogP contribution is -2.64. The molecule has 17 heavy (non-hydrogen) atoms. The Balaban J connectivity index is 2.05. The minimum absolute atomic E-state index is 0.0484. The van der Waals surface area contributed by atoms with Gasteiger partial charge in [-0.3, -0.25) is 4.79 Å². The van der Waals surface area contributed by atoms with Gasteiger partial charge in [-0.1, -0.05) is 13.8 Å². The molecule has 1 unspecified atom stereocenters. The first kappa shape index (κ1) is 12.8. The van der Waals surface area contributed by atoms with Crippen LogP contribution in [0.2, 0.25) is 0 Å². The number of piperidine rings is 1. The van der Waals surface area contributed by atoms with E-state index in [-0.39, 0.29) is 24.1 Å². The standard InChI is InChI=1S/C13H24N2O2/c1-10(2)14-11-5-3-8-15(12(11)17)13(9-16)6-4-7-13/h10-11,14,16H,3-9H2,1-2H3. The van der Waals surface area contributed by atoms with Gasteiger partial charge in [0.25, 0.3) is 0 Å². The molecule has 1 atom stereocenters. The van der Waals surface area contributed by atoms with Crippen LogP contribution in [-0.4, -0.2) is 46.7 Å². The second kappa shape index (κ2) is 4.94. The van der Waals surface area contributed by atoms with E-state index in [0.717, 1.165) is 38.6 Å². The Morgan fingerprint density at radius 2 is 2.18 bits per heavy atom. The maximum absolute atomic E-state index is 12.4. The average Bonchev–Trinajstić information content (AvgIpc) is 2.22. The molecule has 4 nitrogen and oxygen atoms in total. The van der Waals surface area contributed by atoms with Crippen LogP contribution in [0.1, 0.15) is 46.0 Å². The number of nitrogens with one attached hydrogen (secondary N) is 1. The van der Waals surface area contributed by atoms with Crippen molar-refractivity contribution in [3.63, 3.8) is 0 Å². The van der Waals surface area contributed by atoms with Crippen molar-refractivity contribution in [2.75, 3.05) is 13.2 Å². The zero-order valence-corrected chi connectivity index (χ0v) is 10.9. The van der Waals surface area contributed by atoms with Crippen molar-refractivity contribution in [2.24, 2.45) is 0 Å². The van der Waals surface area contributed by atoms with Crippen LogP contribution in [0.25, 0.3) is 0 Å². The molecule has 2 N–H and O–H groups in total. The van der Waals surface area contributed by atoms with Gasteiger partial charge in [0.2, 0.25) is 5.91 Å². The van der Waals surface area contributed by atoms with Gasteiger partial charge in [0.1, 0.15) is 0 Å². The summed E-state index contributed by atoms with van der Waals surface area (Å²) in [6.07, 6.45) is 5.02. The number of hydrogen-bond donors (Lipinski definition) is 2. The van der Waals surface area contributed by atoms with Gasteiger partial charge >= 0.3 is 0 Å². The van der Waals surface area contributed by atoms with Gasteiger partial charge in [-0.05, 0) is 32.1 Å². The Labute approximate surface area is 103 Å². The summed E-state index contributed by atoms with van der Waals surface area (Å²) in [6.45, 7) is 5.07. The van der Waals surface area contributed by atoms with Crippen molar-refractivity contribution in [2.45, 2.75) is 63.6 Å². The number of amides is 1. The summed E-state index contributed by atoms with van der Waals surface area (Å²) in [4.78, 5) is 14.4. The molecule has 2 aliphatic rings. The summed E-state index contributed by atoms with van der Waals surface area (Å²) in [5.74, 6) is 0.193. The number of carbonyl (C=O) groups is 1. The number of carbonyl (C=O) groups excluding carboxylic acids is 1. The molecular formula is C13H24N2O2. The zero-order chi connectivity index (χ0) is 12.5. The fraction of sp³-hybridized carbons (Fsp3) is 0.923. The minimum Gasteiger partial charge on any atom is -0.394 e. The van der Waals surface area contributed by atoms with E-state index in [1.807, 2.05) is 4.90 Å². The molecule has 1 aliphatic heterocycles. The number of aliphatic hydroxyl groups excluding tert-OH is 1. The third kappa shape index (κ3) is 2.33. The van der Waals surface area contributed by atoms with Crippen molar-refractivity contribution >= 4 is 5.91 Å². The highest BCUT2D eigenvalue weighted by Gasteiger charge is 2.46. The molecule has 0 aromatic rings. The number of likely N-dealkylation sites (tertiary alicyclic amines) is 1. The largest absolute Gasteiger partial charge is 0.394 e. The summed E-state index contributed by atoms with van der Waals surface area (Å²) in [5.41, 5.74) is -0.228. The summed E-state index contributed by atoms with van der Waals surface area (Å²) in [7, 11) is 0. The molecule has 0 bridgehead atoms. The molecule has 1 heterocycles. The molecule has 1 aliphatic carbocycles. The van der Waals surface area contributed by atoms with E-state index in [4.69, 9.17) is 0 Å². The topological polar surface area (TPSA) is 52.6 Å². The van der Waals surface area contributed by atoms with E-state index >= 15 is 0 Å².